The van der Waals surface area contributed by atoms with Crippen molar-refractivity contribution in [2.24, 2.45) is 0 Å². The van der Waals surface area contributed by atoms with E-state index in [-0.39, 0.29) is 27.4 Å². The Balaban J connectivity index is 2.16. The normalized spacial score (nSPS) is 18.2. The van der Waals surface area contributed by atoms with Crippen LogP contribution in [0.25, 0.3) is 16.8 Å². The Morgan fingerprint density at radius 3 is 2.30 bits per heavy atom. The highest BCUT2D eigenvalue weighted by molar-refractivity contribution is 7.90. The first-order valence-electron chi connectivity index (χ1n) is 7.65. The van der Waals surface area contributed by atoms with E-state index in [2.05, 4.69) is 9.97 Å². The van der Waals surface area contributed by atoms with Crippen molar-refractivity contribution in [3.05, 3.63) is 53.8 Å². The zero-order valence-electron chi connectivity index (χ0n) is 13.8. The first-order chi connectivity index (χ1) is 12.5. The monoisotopic (exact) mass is 404 g/mol. The summed E-state index contributed by atoms with van der Waals surface area (Å²) in [6.45, 7) is 0. The number of aromatic amines is 1. The van der Waals surface area contributed by atoms with Gasteiger partial charge in [0.25, 0.3) is 0 Å². The minimum Gasteiger partial charge on any atom is -0.334 e. The molecular weight excluding hydrogens is 391 g/mol. The average Bonchev–Trinajstić information content (AvgIpc) is 2.99. The van der Waals surface area contributed by atoms with Gasteiger partial charge in [0.15, 0.2) is 9.84 Å². The number of sulfone groups is 1. The highest BCUT2D eigenvalue weighted by Gasteiger charge is 2.37. The Morgan fingerprint density at radius 2 is 1.78 bits per heavy atom. The first kappa shape index (κ1) is 19.3. The SMILES string of the molecule is CS(=O)(=O)c1ccc(-c2[nH]c(C(F)(F)F)nc2C2=CC=C(F)CC2F)cc1. The van der Waals surface area contributed by atoms with Crippen LogP contribution in [0.3, 0.4) is 0 Å². The Labute approximate surface area is 151 Å². The van der Waals surface area contributed by atoms with Crippen molar-refractivity contribution in [1.82, 2.24) is 9.97 Å². The number of nitrogens with one attached hydrogen (secondary N) is 1. The van der Waals surface area contributed by atoms with E-state index < -0.39 is 40.3 Å². The summed E-state index contributed by atoms with van der Waals surface area (Å²) in [4.78, 5) is 5.57. The van der Waals surface area contributed by atoms with Gasteiger partial charge in [-0.25, -0.2) is 22.2 Å². The van der Waals surface area contributed by atoms with E-state index in [9.17, 15) is 30.4 Å². The smallest absolute Gasteiger partial charge is 0.334 e. The molecule has 0 bridgehead atoms. The molecule has 27 heavy (non-hydrogen) atoms. The Kier molecular flexibility index (Phi) is 4.71. The molecule has 10 heteroatoms. The van der Waals surface area contributed by atoms with Crippen LogP contribution in [0.4, 0.5) is 22.0 Å². The Hall–Kier alpha value is -2.49. The predicted octanol–water partition coefficient (Wildman–Crippen LogP) is 4.48. The van der Waals surface area contributed by atoms with Gasteiger partial charge in [0, 0.05) is 23.8 Å². The van der Waals surface area contributed by atoms with Gasteiger partial charge in [0.1, 0.15) is 12.0 Å². The second-order valence-corrected chi connectivity index (χ2v) is 8.03. The summed E-state index contributed by atoms with van der Waals surface area (Å²) in [5.74, 6) is -2.06. The molecule has 0 amide bonds. The van der Waals surface area contributed by atoms with E-state index in [1.807, 2.05) is 0 Å². The summed E-state index contributed by atoms with van der Waals surface area (Å²) >= 11 is 0. The number of halogens is 5. The zero-order chi connectivity index (χ0) is 20.0. The van der Waals surface area contributed by atoms with Gasteiger partial charge in [-0.2, -0.15) is 13.2 Å². The van der Waals surface area contributed by atoms with Crippen LogP contribution in [0.2, 0.25) is 0 Å². The molecule has 1 aromatic carbocycles. The number of aromatic nitrogens is 2. The van der Waals surface area contributed by atoms with Gasteiger partial charge >= 0.3 is 6.18 Å². The van der Waals surface area contributed by atoms with Crippen LogP contribution in [0.1, 0.15) is 17.9 Å². The van der Waals surface area contributed by atoms with Gasteiger partial charge in [0.2, 0.25) is 5.82 Å². The van der Waals surface area contributed by atoms with Gasteiger partial charge in [-0.3, -0.25) is 0 Å². The lowest BCUT2D eigenvalue weighted by Crippen LogP contribution is -2.10. The van der Waals surface area contributed by atoms with Crippen LogP contribution < -0.4 is 0 Å². The van der Waals surface area contributed by atoms with Gasteiger partial charge < -0.3 is 4.98 Å². The molecule has 3 rings (SSSR count). The van der Waals surface area contributed by atoms with E-state index in [1.54, 1.807) is 0 Å². The molecule has 0 radical (unpaired) electrons. The van der Waals surface area contributed by atoms with E-state index in [1.165, 1.54) is 24.3 Å². The molecule has 1 unspecified atom stereocenters. The van der Waals surface area contributed by atoms with E-state index in [0.29, 0.717) is 0 Å². The van der Waals surface area contributed by atoms with Gasteiger partial charge in [0.05, 0.1) is 16.3 Å². The topological polar surface area (TPSA) is 62.8 Å². The summed E-state index contributed by atoms with van der Waals surface area (Å²) in [6.07, 6.45) is -4.23. The minimum atomic E-state index is -4.80. The number of rotatable bonds is 3. The molecule has 1 aliphatic rings. The van der Waals surface area contributed by atoms with Crippen molar-refractivity contribution in [3.63, 3.8) is 0 Å². The number of alkyl halides is 4. The minimum absolute atomic E-state index is 0.0198. The second kappa shape index (κ2) is 6.59. The molecule has 2 aromatic rings. The van der Waals surface area contributed by atoms with Crippen LogP contribution in [0, 0.1) is 0 Å². The predicted molar refractivity (Wildman–Crippen MR) is 88.8 cm³/mol. The summed E-state index contributed by atoms with van der Waals surface area (Å²) in [5, 5.41) is 0. The largest absolute Gasteiger partial charge is 0.449 e. The summed E-state index contributed by atoms with van der Waals surface area (Å²) in [5.41, 5.74) is -0.438. The molecular formula is C17H13F5N2O2S. The molecule has 1 N–H and O–H groups in total. The van der Waals surface area contributed by atoms with Crippen molar-refractivity contribution < 1.29 is 30.4 Å². The Morgan fingerprint density at radius 1 is 1.15 bits per heavy atom. The molecule has 4 nitrogen and oxygen atoms in total. The fraction of sp³-hybridized carbons (Fsp3) is 0.235. The highest BCUT2D eigenvalue weighted by Crippen LogP contribution is 2.38. The first-order valence-corrected chi connectivity index (χ1v) is 9.54. The Bertz CT molecular complexity index is 1030. The number of imidazole rings is 1. The fourth-order valence-corrected chi connectivity index (χ4v) is 3.29. The third kappa shape index (κ3) is 3.95. The van der Waals surface area contributed by atoms with E-state index in [0.717, 1.165) is 18.4 Å². The lowest BCUT2D eigenvalue weighted by Gasteiger charge is -2.15. The maximum atomic E-state index is 14.2. The highest BCUT2D eigenvalue weighted by atomic mass is 32.2. The lowest BCUT2D eigenvalue weighted by molar-refractivity contribution is -0.144. The number of H-pyrrole nitrogens is 1. The van der Waals surface area contributed by atoms with Crippen LogP contribution in [-0.4, -0.2) is 30.8 Å². The van der Waals surface area contributed by atoms with Crippen molar-refractivity contribution in [3.8, 4) is 11.3 Å². The molecule has 0 saturated heterocycles. The number of allylic oxidation sites excluding steroid dienone is 4. The molecule has 144 valence electrons. The third-order valence-corrected chi connectivity index (χ3v) is 5.10. The standard InChI is InChI=1S/C17H13F5N2O2S/c1-27(25,26)11-5-2-9(3-6-11)14-15(24-16(23-14)17(20,21)22)12-7-4-10(18)8-13(12)19/h2-7,13H,8H2,1H3,(H,23,24). The number of hydrogen-bond donors (Lipinski definition) is 1. The van der Waals surface area contributed by atoms with Crippen molar-refractivity contribution in [1.29, 1.82) is 0 Å². The number of benzene rings is 1. The molecule has 1 aromatic heterocycles. The van der Waals surface area contributed by atoms with Gasteiger partial charge in [-0.1, -0.05) is 18.2 Å². The van der Waals surface area contributed by atoms with Crippen molar-refractivity contribution >= 4 is 15.4 Å². The summed E-state index contributed by atoms with van der Waals surface area (Å²) < 4.78 is 89.8. The summed E-state index contributed by atoms with van der Waals surface area (Å²) in [7, 11) is -3.49. The maximum Gasteiger partial charge on any atom is 0.449 e. The molecule has 0 spiro atoms. The van der Waals surface area contributed by atoms with Crippen LogP contribution >= 0.6 is 0 Å². The molecule has 1 heterocycles. The average molecular weight is 404 g/mol. The van der Waals surface area contributed by atoms with Gasteiger partial charge in [-0.15, -0.1) is 0 Å². The van der Waals surface area contributed by atoms with Crippen molar-refractivity contribution in [2.45, 2.75) is 23.7 Å². The zero-order valence-corrected chi connectivity index (χ0v) is 14.6. The molecule has 0 aliphatic heterocycles. The van der Waals surface area contributed by atoms with Crippen LogP contribution in [0.15, 0.2) is 47.1 Å². The van der Waals surface area contributed by atoms with Crippen LogP contribution in [-0.2, 0) is 16.0 Å². The maximum absolute atomic E-state index is 14.2. The summed E-state index contributed by atoms with van der Waals surface area (Å²) in [6, 6.07) is 5.04. The third-order valence-electron chi connectivity index (χ3n) is 3.97. The number of hydrogen-bond acceptors (Lipinski definition) is 3. The molecule has 1 atom stereocenters. The van der Waals surface area contributed by atoms with Crippen LogP contribution in [0.5, 0.6) is 0 Å². The quantitative estimate of drug-likeness (QED) is 0.768. The van der Waals surface area contributed by atoms with Gasteiger partial charge in [-0.05, 0) is 18.2 Å². The van der Waals surface area contributed by atoms with E-state index >= 15 is 0 Å². The van der Waals surface area contributed by atoms with Crippen molar-refractivity contribution in [2.75, 3.05) is 6.26 Å². The fourth-order valence-electron chi connectivity index (χ4n) is 2.66. The second-order valence-electron chi connectivity index (χ2n) is 6.01. The molecule has 0 saturated carbocycles. The lowest BCUT2D eigenvalue weighted by atomic mass is 9.96. The van der Waals surface area contributed by atoms with E-state index in [4.69, 9.17) is 0 Å². The molecule has 1 aliphatic carbocycles. The molecule has 0 fully saturated rings. The number of nitrogens with zero attached hydrogens (tertiary/aromatic N) is 1.